The highest BCUT2D eigenvalue weighted by molar-refractivity contribution is 5.71. The first-order chi connectivity index (χ1) is 9.74. The quantitative estimate of drug-likeness (QED) is 0.428. The number of aliphatic hydroxyl groups excluding tert-OH is 1. The lowest BCUT2D eigenvalue weighted by Gasteiger charge is -2.16. The van der Waals surface area contributed by atoms with E-state index in [9.17, 15) is 9.90 Å². The summed E-state index contributed by atoms with van der Waals surface area (Å²) in [5.41, 5.74) is 0. The second kappa shape index (κ2) is 11.1. The lowest BCUT2D eigenvalue weighted by molar-refractivity contribution is -0.145. The lowest BCUT2D eigenvalue weighted by atomic mass is 10.0. The van der Waals surface area contributed by atoms with Crippen LogP contribution in [-0.2, 0) is 9.53 Å². The van der Waals surface area contributed by atoms with Gasteiger partial charge in [-0.05, 0) is 12.8 Å². The summed E-state index contributed by atoms with van der Waals surface area (Å²) in [7, 11) is 0. The summed E-state index contributed by atoms with van der Waals surface area (Å²) in [4.78, 5) is 11.0. The molecule has 1 N–H and O–H groups in total. The molecule has 1 rings (SSSR count). The Kier molecular flexibility index (Phi) is 9.73. The van der Waals surface area contributed by atoms with Crippen LogP contribution in [-0.4, -0.2) is 23.3 Å². The Labute approximate surface area is 124 Å². The van der Waals surface area contributed by atoms with Gasteiger partial charge in [-0.1, -0.05) is 71.1 Å². The molecular formula is C17H32O3. The summed E-state index contributed by atoms with van der Waals surface area (Å²) < 4.78 is 5.08. The van der Waals surface area contributed by atoms with Gasteiger partial charge in [0.1, 0.15) is 6.10 Å². The molecule has 0 bridgehead atoms. The van der Waals surface area contributed by atoms with Crippen LogP contribution in [0.1, 0.15) is 90.4 Å². The highest BCUT2D eigenvalue weighted by Crippen LogP contribution is 2.20. The molecule has 0 unspecified atom stereocenters. The fourth-order valence-electron chi connectivity index (χ4n) is 2.84. The normalized spacial score (nSPS) is 20.1. The van der Waals surface area contributed by atoms with Crippen molar-refractivity contribution < 1.29 is 14.6 Å². The molecule has 20 heavy (non-hydrogen) atoms. The monoisotopic (exact) mass is 284 g/mol. The van der Waals surface area contributed by atoms with Crippen molar-refractivity contribution in [3.8, 4) is 0 Å². The molecule has 1 aliphatic rings. The first-order valence-electron chi connectivity index (χ1n) is 8.61. The maximum Gasteiger partial charge on any atom is 0.306 e. The number of cyclic esters (lactones) is 1. The van der Waals surface area contributed by atoms with Gasteiger partial charge in [0.25, 0.3) is 0 Å². The van der Waals surface area contributed by atoms with Gasteiger partial charge in [-0.3, -0.25) is 4.79 Å². The average Bonchev–Trinajstić information content (AvgIpc) is 2.87. The number of carbonyl (C=O) groups is 1. The smallest absolute Gasteiger partial charge is 0.306 e. The second-order valence-electron chi connectivity index (χ2n) is 6.10. The van der Waals surface area contributed by atoms with E-state index in [-0.39, 0.29) is 12.1 Å². The summed E-state index contributed by atoms with van der Waals surface area (Å²) in [5.74, 6) is -0.155. The number of carbonyl (C=O) groups excluding carboxylic acids is 1. The molecule has 1 aliphatic heterocycles. The first-order valence-corrected chi connectivity index (χ1v) is 8.61. The standard InChI is InChI=1S/C17H32O3/c1-2-3-4-5-6-7-8-9-10-11-12-15(18)16-13-14-17(19)20-16/h15-16,18H,2-14H2,1H3/t15-,16-/m1/s1. The van der Waals surface area contributed by atoms with E-state index in [1.54, 1.807) is 0 Å². The van der Waals surface area contributed by atoms with Crippen LogP contribution in [0.5, 0.6) is 0 Å². The SMILES string of the molecule is CCCCCCCCCCCC[C@@H](O)[C@H]1CCC(=O)O1. The minimum Gasteiger partial charge on any atom is -0.460 e. The molecule has 0 aromatic carbocycles. The van der Waals surface area contributed by atoms with Crippen LogP contribution < -0.4 is 0 Å². The zero-order valence-corrected chi connectivity index (χ0v) is 13.1. The van der Waals surface area contributed by atoms with E-state index >= 15 is 0 Å². The zero-order valence-electron chi connectivity index (χ0n) is 13.1. The number of rotatable bonds is 12. The van der Waals surface area contributed by atoms with Crippen LogP contribution in [0.2, 0.25) is 0 Å². The Morgan fingerprint density at radius 1 is 1.05 bits per heavy atom. The number of unbranched alkanes of at least 4 members (excludes halogenated alkanes) is 9. The minimum atomic E-state index is -0.449. The average molecular weight is 284 g/mol. The van der Waals surface area contributed by atoms with E-state index in [1.165, 1.54) is 57.8 Å². The molecule has 1 fully saturated rings. The number of hydrogen-bond donors (Lipinski definition) is 1. The van der Waals surface area contributed by atoms with Crippen molar-refractivity contribution in [2.45, 2.75) is 103 Å². The van der Waals surface area contributed by atoms with Crippen LogP contribution in [0.15, 0.2) is 0 Å². The van der Waals surface area contributed by atoms with Crippen molar-refractivity contribution in [1.29, 1.82) is 0 Å². The predicted molar refractivity (Wildman–Crippen MR) is 81.6 cm³/mol. The van der Waals surface area contributed by atoms with Crippen molar-refractivity contribution in [3.63, 3.8) is 0 Å². The van der Waals surface area contributed by atoms with E-state index in [2.05, 4.69) is 6.92 Å². The maximum absolute atomic E-state index is 11.0. The van der Waals surface area contributed by atoms with E-state index in [4.69, 9.17) is 4.74 Å². The molecule has 118 valence electrons. The van der Waals surface area contributed by atoms with Crippen LogP contribution in [0.3, 0.4) is 0 Å². The molecule has 0 spiro atoms. The molecule has 0 radical (unpaired) electrons. The fourth-order valence-corrected chi connectivity index (χ4v) is 2.84. The van der Waals surface area contributed by atoms with Gasteiger partial charge in [0.05, 0.1) is 6.10 Å². The van der Waals surface area contributed by atoms with Gasteiger partial charge in [0.15, 0.2) is 0 Å². The molecule has 0 aromatic rings. The maximum atomic E-state index is 11.0. The number of esters is 1. The molecule has 0 amide bonds. The molecule has 2 atom stereocenters. The van der Waals surface area contributed by atoms with Crippen LogP contribution in [0.25, 0.3) is 0 Å². The largest absolute Gasteiger partial charge is 0.460 e. The van der Waals surface area contributed by atoms with Crippen LogP contribution in [0, 0.1) is 0 Å². The third-order valence-electron chi connectivity index (χ3n) is 4.20. The van der Waals surface area contributed by atoms with E-state index in [0.717, 1.165) is 12.8 Å². The van der Waals surface area contributed by atoms with Gasteiger partial charge in [0, 0.05) is 6.42 Å². The lowest BCUT2D eigenvalue weighted by Crippen LogP contribution is -2.25. The second-order valence-corrected chi connectivity index (χ2v) is 6.10. The molecule has 0 saturated carbocycles. The summed E-state index contributed by atoms with van der Waals surface area (Å²) >= 11 is 0. The first kappa shape index (κ1) is 17.5. The summed E-state index contributed by atoms with van der Waals surface area (Å²) in [5, 5.41) is 9.91. The summed E-state index contributed by atoms with van der Waals surface area (Å²) in [6, 6.07) is 0. The molecule has 0 aromatic heterocycles. The Hall–Kier alpha value is -0.570. The highest BCUT2D eigenvalue weighted by atomic mass is 16.6. The number of ether oxygens (including phenoxy) is 1. The van der Waals surface area contributed by atoms with Gasteiger partial charge in [-0.15, -0.1) is 0 Å². The van der Waals surface area contributed by atoms with Crippen molar-refractivity contribution >= 4 is 5.97 Å². The Morgan fingerprint density at radius 3 is 2.10 bits per heavy atom. The van der Waals surface area contributed by atoms with Gasteiger partial charge in [-0.2, -0.15) is 0 Å². The third-order valence-corrected chi connectivity index (χ3v) is 4.20. The topological polar surface area (TPSA) is 46.5 Å². The van der Waals surface area contributed by atoms with E-state index < -0.39 is 6.10 Å². The van der Waals surface area contributed by atoms with Gasteiger partial charge >= 0.3 is 5.97 Å². The summed E-state index contributed by atoms with van der Waals surface area (Å²) in [6.07, 6.45) is 14.3. The molecular weight excluding hydrogens is 252 g/mol. The van der Waals surface area contributed by atoms with Crippen LogP contribution in [0.4, 0.5) is 0 Å². The third kappa shape index (κ3) is 7.88. The minimum absolute atomic E-state index is 0.155. The summed E-state index contributed by atoms with van der Waals surface area (Å²) in [6.45, 7) is 2.25. The van der Waals surface area contributed by atoms with E-state index in [0.29, 0.717) is 12.8 Å². The Balaban J connectivity index is 1.83. The van der Waals surface area contributed by atoms with Gasteiger partial charge < -0.3 is 9.84 Å². The zero-order chi connectivity index (χ0) is 14.6. The molecule has 3 heteroatoms. The molecule has 3 nitrogen and oxygen atoms in total. The molecule has 0 aliphatic carbocycles. The van der Waals surface area contributed by atoms with Crippen molar-refractivity contribution in [2.24, 2.45) is 0 Å². The molecule has 1 saturated heterocycles. The predicted octanol–water partition coefficient (Wildman–Crippen LogP) is 4.36. The van der Waals surface area contributed by atoms with Crippen molar-refractivity contribution in [1.82, 2.24) is 0 Å². The van der Waals surface area contributed by atoms with Crippen LogP contribution >= 0.6 is 0 Å². The highest BCUT2D eigenvalue weighted by Gasteiger charge is 2.29. The fraction of sp³-hybridized carbons (Fsp3) is 0.941. The van der Waals surface area contributed by atoms with E-state index in [1.807, 2.05) is 0 Å². The van der Waals surface area contributed by atoms with Crippen molar-refractivity contribution in [2.75, 3.05) is 0 Å². The molecule has 1 heterocycles. The number of aliphatic hydroxyl groups is 1. The number of hydrogen-bond acceptors (Lipinski definition) is 3. The Morgan fingerprint density at radius 2 is 1.60 bits per heavy atom. The van der Waals surface area contributed by atoms with Gasteiger partial charge in [-0.25, -0.2) is 0 Å². The van der Waals surface area contributed by atoms with Gasteiger partial charge in [0.2, 0.25) is 0 Å². The van der Waals surface area contributed by atoms with Crippen molar-refractivity contribution in [3.05, 3.63) is 0 Å². The Bertz CT molecular complexity index is 253.